The molecule has 2 aromatic heterocycles. The highest BCUT2D eigenvalue weighted by molar-refractivity contribution is 6.05. The van der Waals surface area contributed by atoms with Gasteiger partial charge >= 0.3 is 0 Å². The van der Waals surface area contributed by atoms with Crippen LogP contribution in [0.4, 0.5) is 0 Å². The van der Waals surface area contributed by atoms with Gasteiger partial charge in [0, 0.05) is 36.6 Å². The predicted molar refractivity (Wildman–Crippen MR) is 107 cm³/mol. The number of aryl methyl sites for hydroxylation is 1. The summed E-state index contributed by atoms with van der Waals surface area (Å²) in [4.78, 5) is 22.1. The summed E-state index contributed by atoms with van der Waals surface area (Å²) < 4.78 is 7.41. The molecule has 1 atom stereocenters. The lowest BCUT2D eigenvalue weighted by molar-refractivity contribution is 0.0942. The molecule has 4 aromatic rings. The minimum Gasteiger partial charge on any atom is -0.496 e. The maximum atomic E-state index is 13.2. The molecule has 2 aromatic carbocycles. The number of pyridine rings is 1. The zero-order chi connectivity index (χ0) is 19.5. The topological polar surface area (TPSA) is 69.0 Å². The van der Waals surface area contributed by atoms with Crippen molar-refractivity contribution >= 4 is 16.8 Å². The summed E-state index contributed by atoms with van der Waals surface area (Å²) >= 11 is 0. The van der Waals surface area contributed by atoms with E-state index in [0.717, 1.165) is 10.9 Å². The number of ether oxygens (including phenoxy) is 1. The number of aromatic nitrogens is 3. The SMILES string of the molecule is COc1ccccc1C(NC(=O)c1cccc2cccnc12)c1nccn1C. The Morgan fingerprint density at radius 1 is 1.04 bits per heavy atom. The van der Waals surface area contributed by atoms with Crippen LogP contribution in [-0.4, -0.2) is 27.6 Å². The number of rotatable bonds is 5. The standard InChI is InChI=1S/C22H20N4O2/c1-26-14-13-24-21(26)20(16-9-3-4-11-18(16)28-2)25-22(27)17-10-5-7-15-8-6-12-23-19(15)17/h3-14,20H,1-2H3,(H,25,27). The third-order valence-electron chi connectivity index (χ3n) is 4.72. The third-order valence-corrected chi connectivity index (χ3v) is 4.72. The van der Waals surface area contributed by atoms with Crippen LogP contribution in [0.3, 0.4) is 0 Å². The van der Waals surface area contributed by atoms with Crippen LogP contribution in [0.1, 0.15) is 27.8 Å². The van der Waals surface area contributed by atoms with E-state index < -0.39 is 6.04 Å². The number of carbonyl (C=O) groups is 1. The number of methoxy groups -OCH3 is 1. The van der Waals surface area contributed by atoms with Crippen LogP contribution in [0.2, 0.25) is 0 Å². The average Bonchev–Trinajstić information content (AvgIpc) is 3.17. The molecule has 0 aliphatic carbocycles. The van der Waals surface area contributed by atoms with Gasteiger partial charge in [0.25, 0.3) is 5.91 Å². The van der Waals surface area contributed by atoms with Gasteiger partial charge in [0.05, 0.1) is 18.2 Å². The Hall–Kier alpha value is -3.67. The molecular weight excluding hydrogens is 352 g/mol. The Bertz CT molecular complexity index is 1130. The van der Waals surface area contributed by atoms with Crippen LogP contribution in [0.25, 0.3) is 10.9 Å². The van der Waals surface area contributed by atoms with E-state index in [-0.39, 0.29) is 5.91 Å². The number of benzene rings is 2. The molecule has 4 rings (SSSR count). The lowest BCUT2D eigenvalue weighted by Crippen LogP contribution is -2.31. The number of nitrogens with one attached hydrogen (secondary N) is 1. The Balaban J connectivity index is 1.78. The van der Waals surface area contributed by atoms with E-state index in [4.69, 9.17) is 4.74 Å². The molecule has 0 spiro atoms. The summed E-state index contributed by atoms with van der Waals surface area (Å²) in [5.41, 5.74) is 2.02. The molecule has 28 heavy (non-hydrogen) atoms. The molecule has 1 N–H and O–H groups in total. The first-order valence-electron chi connectivity index (χ1n) is 8.94. The first-order valence-corrected chi connectivity index (χ1v) is 8.94. The van der Waals surface area contributed by atoms with Crippen molar-refractivity contribution in [1.82, 2.24) is 19.9 Å². The minimum atomic E-state index is -0.470. The zero-order valence-electron chi connectivity index (χ0n) is 15.7. The summed E-state index contributed by atoms with van der Waals surface area (Å²) in [7, 11) is 3.52. The van der Waals surface area contributed by atoms with Crippen molar-refractivity contribution in [2.24, 2.45) is 7.05 Å². The van der Waals surface area contributed by atoms with Crippen molar-refractivity contribution in [1.29, 1.82) is 0 Å². The van der Waals surface area contributed by atoms with Crippen molar-refractivity contribution in [3.8, 4) is 5.75 Å². The number of hydrogen-bond acceptors (Lipinski definition) is 4. The monoisotopic (exact) mass is 372 g/mol. The summed E-state index contributed by atoms with van der Waals surface area (Å²) in [5, 5.41) is 4.04. The van der Waals surface area contributed by atoms with Gasteiger partial charge in [0.15, 0.2) is 0 Å². The minimum absolute atomic E-state index is 0.219. The number of imidazole rings is 1. The van der Waals surface area contributed by atoms with E-state index in [0.29, 0.717) is 22.7 Å². The normalized spacial score (nSPS) is 11.9. The molecule has 6 heteroatoms. The van der Waals surface area contributed by atoms with Crippen LogP contribution in [0, 0.1) is 0 Å². The number of nitrogens with zero attached hydrogens (tertiary/aromatic N) is 3. The first-order chi connectivity index (χ1) is 13.7. The summed E-state index contributed by atoms with van der Waals surface area (Å²) in [6.07, 6.45) is 5.25. The highest BCUT2D eigenvalue weighted by atomic mass is 16.5. The molecular formula is C22H20N4O2. The number of amides is 1. The van der Waals surface area contributed by atoms with Gasteiger partial charge in [-0.2, -0.15) is 0 Å². The molecule has 0 aliphatic heterocycles. The fourth-order valence-electron chi connectivity index (χ4n) is 3.34. The average molecular weight is 372 g/mol. The summed E-state index contributed by atoms with van der Waals surface area (Å²) in [6.45, 7) is 0. The number of para-hydroxylation sites is 2. The molecule has 1 unspecified atom stereocenters. The second-order valence-electron chi connectivity index (χ2n) is 6.43. The number of carbonyl (C=O) groups excluding carboxylic acids is 1. The van der Waals surface area contributed by atoms with Crippen LogP contribution in [-0.2, 0) is 7.05 Å². The Morgan fingerprint density at radius 2 is 1.86 bits per heavy atom. The quantitative estimate of drug-likeness (QED) is 0.582. The summed E-state index contributed by atoms with van der Waals surface area (Å²) in [6, 6.07) is 16.5. The maximum Gasteiger partial charge on any atom is 0.254 e. The Morgan fingerprint density at radius 3 is 2.64 bits per heavy atom. The second kappa shape index (κ2) is 7.52. The number of hydrogen-bond donors (Lipinski definition) is 1. The molecule has 0 saturated heterocycles. The van der Waals surface area contributed by atoms with Gasteiger partial charge in [-0.25, -0.2) is 4.98 Å². The lowest BCUT2D eigenvalue weighted by Gasteiger charge is -2.21. The van der Waals surface area contributed by atoms with Gasteiger partial charge in [-0.3, -0.25) is 9.78 Å². The first kappa shape index (κ1) is 17.7. The van der Waals surface area contributed by atoms with Crippen LogP contribution in [0.5, 0.6) is 5.75 Å². The van der Waals surface area contributed by atoms with Crippen molar-refractivity contribution in [2.75, 3.05) is 7.11 Å². The summed E-state index contributed by atoms with van der Waals surface area (Å²) in [5.74, 6) is 1.18. The molecule has 0 saturated carbocycles. The van der Waals surface area contributed by atoms with Crippen molar-refractivity contribution in [3.05, 3.63) is 90.1 Å². The van der Waals surface area contributed by atoms with E-state index in [1.54, 1.807) is 25.6 Å². The van der Waals surface area contributed by atoms with E-state index in [1.165, 1.54) is 0 Å². The molecule has 2 heterocycles. The Labute approximate surface area is 162 Å². The smallest absolute Gasteiger partial charge is 0.254 e. The van der Waals surface area contributed by atoms with Crippen molar-refractivity contribution in [3.63, 3.8) is 0 Å². The fourth-order valence-corrected chi connectivity index (χ4v) is 3.34. The second-order valence-corrected chi connectivity index (χ2v) is 6.43. The molecule has 0 aliphatic rings. The molecule has 0 radical (unpaired) electrons. The van der Waals surface area contributed by atoms with E-state index in [1.807, 2.05) is 66.3 Å². The van der Waals surface area contributed by atoms with Gasteiger partial charge in [0.2, 0.25) is 0 Å². The lowest BCUT2D eigenvalue weighted by atomic mass is 10.0. The van der Waals surface area contributed by atoms with Crippen LogP contribution < -0.4 is 10.1 Å². The van der Waals surface area contributed by atoms with Crippen LogP contribution >= 0.6 is 0 Å². The third kappa shape index (κ3) is 3.20. The predicted octanol–water partition coefficient (Wildman–Crippen LogP) is 3.50. The maximum absolute atomic E-state index is 13.2. The Kier molecular flexibility index (Phi) is 4.76. The van der Waals surface area contributed by atoms with Crippen LogP contribution in [0.15, 0.2) is 73.2 Å². The van der Waals surface area contributed by atoms with E-state index >= 15 is 0 Å². The van der Waals surface area contributed by atoms with E-state index in [9.17, 15) is 4.79 Å². The zero-order valence-corrected chi connectivity index (χ0v) is 15.7. The van der Waals surface area contributed by atoms with Crippen molar-refractivity contribution in [2.45, 2.75) is 6.04 Å². The molecule has 1 amide bonds. The van der Waals surface area contributed by atoms with Gasteiger partial charge in [-0.1, -0.05) is 36.4 Å². The largest absolute Gasteiger partial charge is 0.496 e. The van der Waals surface area contributed by atoms with E-state index in [2.05, 4.69) is 15.3 Å². The van der Waals surface area contributed by atoms with Gasteiger partial charge in [-0.05, 0) is 18.2 Å². The van der Waals surface area contributed by atoms with Gasteiger partial charge < -0.3 is 14.6 Å². The molecule has 0 bridgehead atoms. The highest BCUT2D eigenvalue weighted by Crippen LogP contribution is 2.29. The number of fused-ring (bicyclic) bond motifs is 1. The van der Waals surface area contributed by atoms with Gasteiger partial charge in [0.1, 0.15) is 17.6 Å². The van der Waals surface area contributed by atoms with Crippen molar-refractivity contribution < 1.29 is 9.53 Å². The highest BCUT2D eigenvalue weighted by Gasteiger charge is 2.25. The molecule has 0 fully saturated rings. The molecule has 6 nitrogen and oxygen atoms in total. The fraction of sp³-hybridized carbons (Fsp3) is 0.136. The van der Waals surface area contributed by atoms with Gasteiger partial charge in [-0.15, -0.1) is 0 Å². The molecule has 140 valence electrons.